The van der Waals surface area contributed by atoms with Gasteiger partial charge in [0.05, 0.1) is 5.69 Å². The second-order valence-corrected chi connectivity index (χ2v) is 21.3. The molecule has 2 saturated carbocycles. The number of rotatable bonds is 4. The van der Waals surface area contributed by atoms with Crippen molar-refractivity contribution in [1.29, 1.82) is 0 Å². The molecular weight excluding hydrogens is 414 g/mol. The van der Waals surface area contributed by atoms with Crippen LogP contribution in [0.3, 0.4) is 0 Å². The zero-order valence-corrected chi connectivity index (χ0v) is 22.6. The van der Waals surface area contributed by atoms with Crippen LogP contribution in [0, 0.1) is 29.6 Å². The van der Waals surface area contributed by atoms with Crippen LogP contribution in [0.5, 0.6) is 5.75 Å². The number of benzene rings is 1. The van der Waals surface area contributed by atoms with Gasteiger partial charge in [0.25, 0.3) is 0 Å². The molecule has 170 valence electrons. The first kappa shape index (κ1) is 22.9. The molecule has 5 heteroatoms. The highest BCUT2D eigenvalue weighted by Gasteiger charge is 2.63. The van der Waals surface area contributed by atoms with Crippen molar-refractivity contribution in [2.24, 2.45) is 17.3 Å². The molecule has 5 atom stereocenters. The Morgan fingerprint density at radius 1 is 1.03 bits per heavy atom. The summed E-state index contributed by atoms with van der Waals surface area (Å²) < 4.78 is 13.1. The molecule has 3 aliphatic rings. The van der Waals surface area contributed by atoms with Crippen LogP contribution >= 0.6 is 0 Å². The Morgan fingerprint density at radius 2 is 1.74 bits per heavy atom. The number of anilines is 1. The van der Waals surface area contributed by atoms with Gasteiger partial charge in [-0.2, -0.15) is 0 Å². The third-order valence-electron chi connectivity index (χ3n) is 8.10. The Hall–Kier alpha value is -1.23. The summed E-state index contributed by atoms with van der Waals surface area (Å²) in [6.45, 7) is 15.9. The first-order valence-electron chi connectivity index (χ1n) is 12.1. The summed E-state index contributed by atoms with van der Waals surface area (Å²) in [5.74, 6) is 6.00. The van der Waals surface area contributed by atoms with Gasteiger partial charge >= 0.3 is 0 Å². The first-order chi connectivity index (χ1) is 14.3. The fourth-order valence-corrected chi connectivity index (χ4v) is 9.27. The van der Waals surface area contributed by atoms with Crippen molar-refractivity contribution >= 4 is 22.3 Å². The van der Waals surface area contributed by atoms with Gasteiger partial charge in [0.1, 0.15) is 11.4 Å². The van der Waals surface area contributed by atoms with Gasteiger partial charge in [0.2, 0.25) is 8.32 Å². The van der Waals surface area contributed by atoms with Gasteiger partial charge in [-0.1, -0.05) is 12.8 Å². The third-order valence-corrected chi connectivity index (χ3v) is 9.90. The van der Waals surface area contributed by atoms with Crippen molar-refractivity contribution in [3.05, 3.63) is 23.3 Å². The van der Waals surface area contributed by atoms with E-state index in [4.69, 9.17) is 21.0 Å². The zero-order chi connectivity index (χ0) is 22.8. The van der Waals surface area contributed by atoms with Crippen molar-refractivity contribution in [2.75, 3.05) is 5.73 Å². The third kappa shape index (κ3) is 3.89. The largest absolute Gasteiger partial charge is 0.543 e. The van der Waals surface area contributed by atoms with E-state index < -0.39 is 16.6 Å². The Labute approximate surface area is 191 Å². The fourth-order valence-electron chi connectivity index (χ4n) is 6.99. The minimum absolute atomic E-state index is 0.0765. The summed E-state index contributed by atoms with van der Waals surface area (Å²) in [7, 11) is -3.43. The fraction of sp³-hybridized carbons (Fsp3) is 0.692. The molecule has 0 saturated heterocycles. The van der Waals surface area contributed by atoms with Crippen LogP contribution in [0.4, 0.5) is 5.69 Å². The van der Waals surface area contributed by atoms with Crippen molar-refractivity contribution in [3.8, 4) is 18.1 Å². The van der Waals surface area contributed by atoms with E-state index in [1.807, 2.05) is 0 Å². The predicted molar refractivity (Wildman–Crippen MR) is 135 cm³/mol. The second-order valence-electron chi connectivity index (χ2n) is 12.4. The highest BCUT2D eigenvalue weighted by atomic mass is 28.4. The molecule has 1 unspecified atom stereocenters. The standard InChI is InChI=1S/C26H41NO2Si2/c1-9-26(29-31(6,7)8)15-13-22-20-11-10-18-16-24(28-30(3,4)5)23(27)17-21(18)19(20)12-14-25(22,26)2/h1,16-17,19-20,22H,10-15,27H2,2-8H3/t19-,20+,22-,25-,26?/m0/s1. The molecule has 0 aliphatic heterocycles. The SMILES string of the molecule is C#CC1(O[Si](C)(C)C)CC[C@H]2[C@@H]3CCc4cc(O[Si](C)(C)C)c(N)cc4[C@H]3CC[C@@]21C. The average Bonchev–Trinajstić information content (AvgIpc) is 2.92. The number of terminal acetylenes is 1. The monoisotopic (exact) mass is 455 g/mol. The van der Waals surface area contributed by atoms with Gasteiger partial charge in [-0.05, 0) is 119 Å². The van der Waals surface area contributed by atoms with E-state index in [1.54, 1.807) is 0 Å². The van der Waals surface area contributed by atoms with Gasteiger partial charge in [0.15, 0.2) is 8.32 Å². The Morgan fingerprint density at radius 3 is 2.35 bits per heavy atom. The molecular formula is C26H41NO2Si2. The molecule has 2 fully saturated rings. The van der Waals surface area contributed by atoms with Gasteiger partial charge in [-0.15, -0.1) is 6.42 Å². The lowest BCUT2D eigenvalue weighted by molar-refractivity contribution is -0.0537. The maximum Gasteiger partial charge on any atom is 0.242 e. The van der Waals surface area contributed by atoms with Gasteiger partial charge in [-0.25, -0.2) is 0 Å². The number of aryl methyl sites for hydroxylation is 1. The lowest BCUT2D eigenvalue weighted by Crippen LogP contribution is -2.54. The first-order valence-corrected chi connectivity index (χ1v) is 18.9. The van der Waals surface area contributed by atoms with Gasteiger partial charge in [-0.3, -0.25) is 0 Å². The topological polar surface area (TPSA) is 44.5 Å². The molecule has 0 radical (unpaired) electrons. The Bertz CT molecular complexity index is 910. The molecule has 1 aromatic carbocycles. The summed E-state index contributed by atoms with van der Waals surface area (Å²) in [5, 5.41) is 0. The molecule has 3 nitrogen and oxygen atoms in total. The summed E-state index contributed by atoms with van der Waals surface area (Å²) in [6.07, 6.45) is 13.1. The number of hydrogen-bond acceptors (Lipinski definition) is 3. The average molecular weight is 456 g/mol. The van der Waals surface area contributed by atoms with Crippen LogP contribution in [0.25, 0.3) is 0 Å². The maximum absolute atomic E-state index is 6.81. The number of hydrogen-bond donors (Lipinski definition) is 1. The van der Waals surface area contributed by atoms with Gasteiger partial charge < -0.3 is 14.6 Å². The van der Waals surface area contributed by atoms with Crippen LogP contribution in [0.15, 0.2) is 12.1 Å². The maximum atomic E-state index is 6.81. The van der Waals surface area contributed by atoms with Crippen molar-refractivity contribution < 1.29 is 8.85 Å². The summed E-state index contributed by atoms with van der Waals surface area (Å²) in [6, 6.07) is 4.49. The number of nitrogens with two attached hydrogens (primary N) is 1. The highest BCUT2D eigenvalue weighted by molar-refractivity contribution is 6.70. The smallest absolute Gasteiger partial charge is 0.242 e. The lowest BCUT2D eigenvalue weighted by Gasteiger charge is -2.54. The number of nitrogen functional groups attached to an aromatic ring is 1. The van der Waals surface area contributed by atoms with E-state index in [-0.39, 0.29) is 11.0 Å². The number of fused-ring (bicyclic) bond motifs is 5. The second kappa shape index (κ2) is 7.40. The van der Waals surface area contributed by atoms with E-state index >= 15 is 0 Å². The van der Waals surface area contributed by atoms with E-state index in [9.17, 15) is 0 Å². The molecule has 31 heavy (non-hydrogen) atoms. The normalized spacial score (nSPS) is 35.0. The van der Waals surface area contributed by atoms with Crippen molar-refractivity contribution in [1.82, 2.24) is 0 Å². The molecule has 2 N–H and O–H groups in total. The van der Waals surface area contributed by atoms with Crippen molar-refractivity contribution in [3.63, 3.8) is 0 Å². The van der Waals surface area contributed by atoms with E-state index in [0.717, 1.165) is 30.7 Å². The Balaban J connectivity index is 1.65. The molecule has 1 aromatic rings. The minimum Gasteiger partial charge on any atom is -0.543 e. The summed E-state index contributed by atoms with van der Waals surface area (Å²) >= 11 is 0. The summed E-state index contributed by atoms with van der Waals surface area (Å²) in [5.41, 5.74) is 9.92. The van der Waals surface area contributed by atoms with Crippen LogP contribution < -0.4 is 10.2 Å². The van der Waals surface area contributed by atoms with E-state index in [2.05, 4.69) is 64.3 Å². The summed E-state index contributed by atoms with van der Waals surface area (Å²) in [4.78, 5) is 0. The predicted octanol–water partition coefficient (Wildman–Crippen LogP) is 6.56. The quantitative estimate of drug-likeness (QED) is 0.317. The minimum atomic E-state index is -1.74. The molecule has 0 amide bonds. The van der Waals surface area contributed by atoms with Crippen LogP contribution in [-0.4, -0.2) is 22.2 Å². The molecule has 0 bridgehead atoms. The van der Waals surface area contributed by atoms with Crippen LogP contribution in [-0.2, 0) is 10.8 Å². The van der Waals surface area contributed by atoms with Gasteiger partial charge in [0, 0.05) is 5.41 Å². The highest BCUT2D eigenvalue weighted by Crippen LogP contribution is 2.65. The van der Waals surface area contributed by atoms with E-state index in [0.29, 0.717) is 17.8 Å². The molecule has 4 rings (SSSR count). The molecule has 0 heterocycles. The Kier molecular flexibility index (Phi) is 5.48. The van der Waals surface area contributed by atoms with Crippen LogP contribution in [0.2, 0.25) is 39.3 Å². The molecule has 3 aliphatic carbocycles. The van der Waals surface area contributed by atoms with Crippen LogP contribution in [0.1, 0.15) is 56.1 Å². The van der Waals surface area contributed by atoms with E-state index in [1.165, 1.54) is 30.4 Å². The zero-order valence-electron chi connectivity index (χ0n) is 20.6. The molecule has 0 aromatic heterocycles. The molecule has 0 spiro atoms. The van der Waals surface area contributed by atoms with Crippen molar-refractivity contribution in [2.45, 2.75) is 96.2 Å². The lowest BCUT2D eigenvalue weighted by atomic mass is 9.53.